The Morgan fingerprint density at radius 2 is 1.36 bits per heavy atom. The van der Waals surface area contributed by atoms with Gasteiger partial charge in [0.25, 0.3) is 0 Å². The van der Waals surface area contributed by atoms with E-state index in [1.807, 2.05) is 0 Å². The Kier molecular flexibility index (Phi) is 15.2. The summed E-state index contributed by atoms with van der Waals surface area (Å²) in [6, 6.07) is 0. The highest BCUT2D eigenvalue weighted by atomic mass is 16.5. The van der Waals surface area contributed by atoms with Crippen molar-refractivity contribution in [1.29, 1.82) is 0 Å². The first-order valence-electron chi connectivity index (χ1n) is 20.6. The molecule has 0 amide bonds. The lowest BCUT2D eigenvalue weighted by Gasteiger charge is -2.58. The molecule has 0 N–H and O–H groups in total. The van der Waals surface area contributed by atoms with Gasteiger partial charge in [-0.05, 0) is 104 Å². The molecule has 256 valence electrons. The molecule has 1 nitrogen and oxygen atoms in total. The molecule has 0 saturated heterocycles. The molecule has 44 heavy (non-hydrogen) atoms. The monoisotopic (exact) mass is 611 g/mol. The summed E-state index contributed by atoms with van der Waals surface area (Å²) >= 11 is 0. The number of hydrogen-bond acceptors (Lipinski definition) is 1. The van der Waals surface area contributed by atoms with E-state index in [9.17, 15) is 0 Å². The molecule has 3 fully saturated rings. The van der Waals surface area contributed by atoms with E-state index in [4.69, 9.17) is 4.74 Å². The number of allylic oxidation sites excluding steroid dienone is 1. The highest BCUT2D eigenvalue weighted by molar-refractivity contribution is 5.25. The molecule has 1 heteroatoms. The van der Waals surface area contributed by atoms with Crippen LogP contribution in [0.15, 0.2) is 11.6 Å². The number of unbranched alkanes of at least 4 members (excludes halogenated alkanes) is 11. The number of ether oxygens (including phenoxy) is 1. The van der Waals surface area contributed by atoms with E-state index in [2.05, 4.69) is 47.6 Å². The third kappa shape index (κ3) is 9.41. The van der Waals surface area contributed by atoms with Gasteiger partial charge in [-0.15, -0.1) is 0 Å². The Hall–Kier alpha value is -0.300. The maximum atomic E-state index is 6.49. The first kappa shape index (κ1) is 36.5. The van der Waals surface area contributed by atoms with Crippen LogP contribution in [-0.2, 0) is 4.74 Å². The Labute approximate surface area is 276 Å². The van der Waals surface area contributed by atoms with Crippen molar-refractivity contribution in [2.24, 2.45) is 46.3 Å². The van der Waals surface area contributed by atoms with E-state index in [1.54, 1.807) is 5.57 Å². The average molecular weight is 611 g/mol. The minimum absolute atomic E-state index is 0.458. The van der Waals surface area contributed by atoms with Gasteiger partial charge < -0.3 is 4.74 Å². The van der Waals surface area contributed by atoms with Gasteiger partial charge >= 0.3 is 0 Å². The van der Waals surface area contributed by atoms with E-state index < -0.39 is 0 Å². The van der Waals surface area contributed by atoms with Crippen LogP contribution in [0.1, 0.15) is 202 Å². The second-order valence-electron chi connectivity index (χ2n) is 17.4. The molecular weight excluding hydrogens is 532 g/mol. The van der Waals surface area contributed by atoms with E-state index in [-0.39, 0.29) is 0 Å². The third-order valence-electron chi connectivity index (χ3n) is 14.3. The van der Waals surface area contributed by atoms with Gasteiger partial charge in [0.1, 0.15) is 0 Å². The molecule has 0 bridgehead atoms. The second-order valence-corrected chi connectivity index (χ2v) is 17.4. The summed E-state index contributed by atoms with van der Waals surface area (Å²) in [6.45, 7) is 16.3. The van der Waals surface area contributed by atoms with Gasteiger partial charge in [0.15, 0.2) is 0 Å². The van der Waals surface area contributed by atoms with Gasteiger partial charge in [-0.25, -0.2) is 0 Å². The van der Waals surface area contributed by atoms with Gasteiger partial charge in [0, 0.05) is 6.61 Å². The van der Waals surface area contributed by atoms with E-state index >= 15 is 0 Å². The predicted molar refractivity (Wildman–Crippen MR) is 193 cm³/mol. The minimum atomic E-state index is 0.458. The van der Waals surface area contributed by atoms with Crippen molar-refractivity contribution in [3.63, 3.8) is 0 Å². The molecule has 4 rings (SSSR count). The summed E-state index contributed by atoms with van der Waals surface area (Å²) in [5, 5.41) is 0. The Morgan fingerprint density at radius 3 is 2.09 bits per heavy atom. The SMILES string of the molecule is CCCCCCCCCC(C)CCC[C@@H](C)[C@H]1CC[C@H]2[C@@H]3CC=C4C[C@@H](OCCCCCCCC)CC[C@]4(C)[C@H]3CC[C@]12C. The number of fused-ring (bicyclic) bond motifs is 5. The summed E-state index contributed by atoms with van der Waals surface area (Å²) in [6.07, 6.45) is 38.7. The van der Waals surface area contributed by atoms with E-state index in [1.165, 1.54) is 161 Å². The van der Waals surface area contributed by atoms with Crippen LogP contribution in [0.5, 0.6) is 0 Å². The maximum absolute atomic E-state index is 6.49. The van der Waals surface area contributed by atoms with Crippen molar-refractivity contribution in [2.45, 2.75) is 208 Å². The van der Waals surface area contributed by atoms with Gasteiger partial charge in [-0.2, -0.15) is 0 Å². The van der Waals surface area contributed by atoms with E-state index in [0.29, 0.717) is 16.9 Å². The molecule has 0 aromatic carbocycles. The summed E-state index contributed by atoms with van der Waals surface area (Å²) in [5.74, 6) is 5.67. The van der Waals surface area contributed by atoms with Crippen LogP contribution in [0.25, 0.3) is 0 Å². The molecule has 0 radical (unpaired) electrons. The molecule has 0 aromatic rings. The minimum Gasteiger partial charge on any atom is -0.378 e. The van der Waals surface area contributed by atoms with Crippen molar-refractivity contribution >= 4 is 0 Å². The first-order valence-corrected chi connectivity index (χ1v) is 20.6. The van der Waals surface area contributed by atoms with E-state index in [0.717, 1.165) is 42.1 Å². The van der Waals surface area contributed by atoms with Crippen LogP contribution in [0, 0.1) is 46.3 Å². The predicted octanol–water partition coefficient (Wildman–Crippen LogP) is 13.9. The van der Waals surface area contributed by atoms with Crippen LogP contribution >= 0.6 is 0 Å². The fraction of sp³-hybridized carbons (Fsp3) is 0.953. The standard InChI is InChI=1S/C43H78O/c1-7-9-11-13-15-16-18-21-34(3)22-20-23-35(4)39-26-27-40-38-25-24-36-33-37(44-32-19-17-14-12-10-8-2)28-30-42(36,5)41(38)29-31-43(39,40)6/h24,34-35,37-41H,7-23,25-33H2,1-6H3/t34?,35-,37+,38+,39-,40+,41+,42+,43-/m1/s1. The largest absolute Gasteiger partial charge is 0.378 e. The van der Waals surface area contributed by atoms with Crippen LogP contribution < -0.4 is 0 Å². The van der Waals surface area contributed by atoms with Gasteiger partial charge in [0.2, 0.25) is 0 Å². The summed E-state index contributed by atoms with van der Waals surface area (Å²) in [7, 11) is 0. The van der Waals surface area contributed by atoms with Gasteiger partial charge in [0.05, 0.1) is 6.10 Å². The van der Waals surface area contributed by atoms with Crippen molar-refractivity contribution in [3.8, 4) is 0 Å². The van der Waals surface area contributed by atoms with Crippen LogP contribution in [-0.4, -0.2) is 12.7 Å². The van der Waals surface area contributed by atoms with Gasteiger partial charge in [-0.3, -0.25) is 0 Å². The van der Waals surface area contributed by atoms with Gasteiger partial charge in [-0.1, -0.05) is 156 Å². The van der Waals surface area contributed by atoms with Crippen molar-refractivity contribution in [2.75, 3.05) is 6.61 Å². The first-order chi connectivity index (χ1) is 21.3. The molecular formula is C43H78O. The van der Waals surface area contributed by atoms with Crippen molar-refractivity contribution in [1.82, 2.24) is 0 Å². The normalized spacial score (nSPS) is 34.6. The molecule has 9 atom stereocenters. The lowest BCUT2D eigenvalue weighted by Crippen LogP contribution is -2.51. The van der Waals surface area contributed by atoms with Crippen molar-refractivity contribution < 1.29 is 4.74 Å². The van der Waals surface area contributed by atoms with Crippen LogP contribution in [0.3, 0.4) is 0 Å². The summed E-state index contributed by atoms with van der Waals surface area (Å²) in [5.41, 5.74) is 2.86. The lowest BCUT2D eigenvalue weighted by molar-refractivity contribution is -0.0641. The third-order valence-corrected chi connectivity index (χ3v) is 14.3. The molecule has 0 spiro atoms. The Balaban J connectivity index is 1.20. The zero-order valence-corrected chi connectivity index (χ0v) is 30.9. The topological polar surface area (TPSA) is 9.23 Å². The highest BCUT2D eigenvalue weighted by Gasteiger charge is 2.59. The Bertz CT molecular complexity index is 829. The molecule has 1 unspecified atom stereocenters. The lowest BCUT2D eigenvalue weighted by atomic mass is 9.47. The van der Waals surface area contributed by atoms with Crippen molar-refractivity contribution in [3.05, 3.63) is 11.6 Å². The maximum Gasteiger partial charge on any atom is 0.0612 e. The zero-order chi connectivity index (χ0) is 31.4. The summed E-state index contributed by atoms with van der Waals surface area (Å²) < 4.78 is 6.49. The molecule has 4 aliphatic carbocycles. The molecule has 0 aliphatic heterocycles. The number of rotatable bonds is 21. The molecule has 0 heterocycles. The summed E-state index contributed by atoms with van der Waals surface area (Å²) in [4.78, 5) is 0. The second kappa shape index (κ2) is 18.3. The smallest absolute Gasteiger partial charge is 0.0612 e. The highest BCUT2D eigenvalue weighted by Crippen LogP contribution is 2.67. The van der Waals surface area contributed by atoms with Crippen LogP contribution in [0.4, 0.5) is 0 Å². The molecule has 4 aliphatic rings. The average Bonchev–Trinajstić information content (AvgIpc) is 3.37. The quantitative estimate of drug-likeness (QED) is 0.0928. The molecule has 0 aromatic heterocycles. The Morgan fingerprint density at radius 1 is 0.705 bits per heavy atom. The fourth-order valence-electron chi connectivity index (χ4n) is 11.5. The molecule has 3 saturated carbocycles. The number of hydrogen-bond donors (Lipinski definition) is 0. The zero-order valence-electron chi connectivity index (χ0n) is 30.9. The fourth-order valence-corrected chi connectivity index (χ4v) is 11.5. The van der Waals surface area contributed by atoms with Crippen LogP contribution in [0.2, 0.25) is 0 Å².